The minimum Gasteiger partial charge on any atom is -0.364 e. The van der Waals surface area contributed by atoms with Gasteiger partial charge < -0.3 is 14.2 Å². The van der Waals surface area contributed by atoms with E-state index in [1.54, 1.807) is 5.94 Å². The smallest absolute Gasteiger partial charge is 0.157 e. The molecule has 2 aliphatic heterocycles. The number of carbonyl (C=O) groups excluding carboxylic acids is 1. The third kappa shape index (κ3) is 8.66. The summed E-state index contributed by atoms with van der Waals surface area (Å²) in [5.74, 6) is 1.80. The lowest BCUT2D eigenvalue weighted by molar-refractivity contribution is -0.162. The molecule has 0 aromatic rings. The zero-order valence-electron chi connectivity index (χ0n) is 14.3. The van der Waals surface area contributed by atoms with E-state index in [-0.39, 0.29) is 12.4 Å². The fourth-order valence-corrected chi connectivity index (χ4v) is 3.17. The lowest BCUT2D eigenvalue weighted by atomic mass is 10.1. The highest BCUT2D eigenvalue weighted by Gasteiger charge is 2.35. The fraction of sp³-hybridized carbons (Fsp3) is 0.895. The van der Waals surface area contributed by atoms with Gasteiger partial charge in [0.1, 0.15) is 12.0 Å². The van der Waals surface area contributed by atoms with Crippen molar-refractivity contribution in [3.8, 4) is 0 Å². The highest BCUT2D eigenvalue weighted by atomic mass is 16.7. The summed E-state index contributed by atoms with van der Waals surface area (Å²) in [6.07, 6.45) is 16.7. The molecule has 0 spiro atoms. The van der Waals surface area contributed by atoms with E-state index in [2.05, 4.69) is 0 Å². The molecule has 132 valence electrons. The molecular formula is C19H32O4. The molecule has 0 aromatic heterocycles. The van der Waals surface area contributed by atoms with Crippen molar-refractivity contribution in [3.05, 3.63) is 6.08 Å². The van der Waals surface area contributed by atoms with Gasteiger partial charge in [-0.3, -0.25) is 0 Å². The lowest BCUT2D eigenvalue weighted by Crippen LogP contribution is -2.22. The van der Waals surface area contributed by atoms with Gasteiger partial charge in [-0.25, -0.2) is 4.79 Å². The summed E-state index contributed by atoms with van der Waals surface area (Å²) in [7, 11) is 0. The van der Waals surface area contributed by atoms with Crippen LogP contribution in [0.15, 0.2) is 6.08 Å². The molecule has 2 rings (SSSR count). The van der Waals surface area contributed by atoms with Gasteiger partial charge in [0.25, 0.3) is 0 Å². The Morgan fingerprint density at radius 3 is 2.43 bits per heavy atom. The van der Waals surface area contributed by atoms with Crippen LogP contribution in [0.1, 0.15) is 77.0 Å². The van der Waals surface area contributed by atoms with Crippen molar-refractivity contribution in [3.63, 3.8) is 0 Å². The van der Waals surface area contributed by atoms with Crippen LogP contribution in [0.2, 0.25) is 0 Å². The van der Waals surface area contributed by atoms with Gasteiger partial charge >= 0.3 is 0 Å². The summed E-state index contributed by atoms with van der Waals surface area (Å²) in [5.41, 5.74) is 0. The van der Waals surface area contributed by atoms with Gasteiger partial charge in [0.05, 0.1) is 6.10 Å². The van der Waals surface area contributed by atoms with E-state index in [9.17, 15) is 4.79 Å². The summed E-state index contributed by atoms with van der Waals surface area (Å²) >= 11 is 0. The van der Waals surface area contributed by atoms with Gasteiger partial charge in [-0.1, -0.05) is 44.9 Å². The van der Waals surface area contributed by atoms with Crippen LogP contribution >= 0.6 is 0 Å². The van der Waals surface area contributed by atoms with E-state index in [0.717, 1.165) is 32.5 Å². The molecule has 2 saturated heterocycles. The maximum Gasteiger partial charge on any atom is 0.157 e. The molecule has 0 saturated carbocycles. The van der Waals surface area contributed by atoms with Crippen LogP contribution in [0, 0.1) is 0 Å². The Morgan fingerprint density at radius 2 is 1.74 bits per heavy atom. The van der Waals surface area contributed by atoms with Crippen molar-refractivity contribution in [2.75, 3.05) is 13.2 Å². The minimum atomic E-state index is 0.0636. The van der Waals surface area contributed by atoms with Crippen molar-refractivity contribution < 1.29 is 19.0 Å². The standard InChI is InChI=1S/C19H32O4/c20-14-13-18-17(23-18)11-7-5-3-1-2-4-6-9-15-21-19-12-8-10-16-22-19/h13,17-19H,1-12,15-16H2/t17-,18-,19?/m1/s1. The summed E-state index contributed by atoms with van der Waals surface area (Å²) in [6, 6.07) is 0. The van der Waals surface area contributed by atoms with E-state index >= 15 is 0 Å². The number of hydrogen-bond donors (Lipinski definition) is 0. The zero-order chi connectivity index (χ0) is 16.2. The number of unbranched alkanes of at least 4 members (excludes halogenated alkanes) is 7. The lowest BCUT2D eigenvalue weighted by Gasteiger charge is -2.22. The highest BCUT2D eigenvalue weighted by Crippen LogP contribution is 2.27. The first kappa shape index (κ1) is 18.7. The van der Waals surface area contributed by atoms with Crippen molar-refractivity contribution >= 4 is 5.94 Å². The third-order valence-corrected chi connectivity index (χ3v) is 4.68. The van der Waals surface area contributed by atoms with Crippen LogP contribution in [-0.2, 0) is 19.0 Å². The molecule has 4 heteroatoms. The van der Waals surface area contributed by atoms with E-state index in [4.69, 9.17) is 14.2 Å². The number of ether oxygens (including phenoxy) is 3. The molecule has 0 N–H and O–H groups in total. The highest BCUT2D eigenvalue weighted by molar-refractivity contribution is 5.47. The van der Waals surface area contributed by atoms with Crippen molar-refractivity contribution in [2.45, 2.75) is 95.5 Å². The predicted octanol–water partition coefficient (Wildman–Crippen LogP) is 4.20. The maximum absolute atomic E-state index is 10.1. The van der Waals surface area contributed by atoms with Crippen LogP contribution in [0.3, 0.4) is 0 Å². The molecule has 2 fully saturated rings. The van der Waals surface area contributed by atoms with Crippen LogP contribution in [0.4, 0.5) is 0 Å². The Labute approximate surface area is 140 Å². The summed E-state index contributed by atoms with van der Waals surface area (Å²) in [6.45, 7) is 1.72. The van der Waals surface area contributed by atoms with Crippen LogP contribution in [-0.4, -0.2) is 37.7 Å². The Balaban J connectivity index is 1.26. The van der Waals surface area contributed by atoms with Gasteiger partial charge in [0.15, 0.2) is 6.29 Å². The zero-order valence-corrected chi connectivity index (χ0v) is 14.3. The Kier molecular flexibility index (Phi) is 9.58. The molecule has 1 unspecified atom stereocenters. The second kappa shape index (κ2) is 11.8. The molecule has 0 aromatic carbocycles. The van der Waals surface area contributed by atoms with Crippen molar-refractivity contribution in [1.29, 1.82) is 0 Å². The van der Waals surface area contributed by atoms with Crippen molar-refractivity contribution in [1.82, 2.24) is 0 Å². The van der Waals surface area contributed by atoms with Gasteiger partial charge in [0.2, 0.25) is 0 Å². The molecule has 2 aliphatic rings. The van der Waals surface area contributed by atoms with E-state index < -0.39 is 0 Å². The molecular weight excluding hydrogens is 292 g/mol. The Morgan fingerprint density at radius 1 is 1.00 bits per heavy atom. The normalized spacial score (nSPS) is 26.7. The molecule has 2 heterocycles. The van der Waals surface area contributed by atoms with Gasteiger partial charge in [-0.2, -0.15) is 0 Å². The average Bonchev–Trinajstić information content (AvgIpc) is 3.32. The number of epoxide rings is 1. The number of rotatable bonds is 13. The monoisotopic (exact) mass is 324 g/mol. The second-order valence-electron chi connectivity index (χ2n) is 6.71. The summed E-state index contributed by atoms with van der Waals surface area (Å²) in [4.78, 5) is 10.1. The molecule has 23 heavy (non-hydrogen) atoms. The van der Waals surface area contributed by atoms with E-state index in [1.807, 2.05) is 0 Å². The van der Waals surface area contributed by atoms with E-state index in [0.29, 0.717) is 6.10 Å². The van der Waals surface area contributed by atoms with Crippen LogP contribution in [0.5, 0.6) is 0 Å². The SMILES string of the molecule is O=C=C[C@H]1O[C@@H]1CCCCCCCCCCOC1CCCCO1. The van der Waals surface area contributed by atoms with Gasteiger partial charge in [-0.15, -0.1) is 0 Å². The first-order valence-electron chi connectivity index (χ1n) is 9.50. The molecule has 3 atom stereocenters. The van der Waals surface area contributed by atoms with Crippen LogP contribution < -0.4 is 0 Å². The first-order chi connectivity index (χ1) is 11.4. The molecule has 0 bridgehead atoms. The van der Waals surface area contributed by atoms with Crippen molar-refractivity contribution in [2.24, 2.45) is 0 Å². The maximum atomic E-state index is 10.1. The second-order valence-corrected chi connectivity index (χ2v) is 6.71. The fourth-order valence-electron chi connectivity index (χ4n) is 3.17. The van der Waals surface area contributed by atoms with E-state index in [1.165, 1.54) is 63.9 Å². The summed E-state index contributed by atoms with van der Waals surface area (Å²) < 4.78 is 16.6. The quantitative estimate of drug-likeness (QED) is 0.289. The topological polar surface area (TPSA) is 48.1 Å². The minimum absolute atomic E-state index is 0.0636. The molecule has 0 radical (unpaired) electrons. The van der Waals surface area contributed by atoms with Crippen LogP contribution in [0.25, 0.3) is 0 Å². The van der Waals surface area contributed by atoms with Gasteiger partial charge in [0, 0.05) is 19.3 Å². The first-order valence-corrected chi connectivity index (χ1v) is 9.50. The molecule has 4 nitrogen and oxygen atoms in total. The largest absolute Gasteiger partial charge is 0.364 e. The van der Waals surface area contributed by atoms with Gasteiger partial charge in [-0.05, 0) is 32.1 Å². The third-order valence-electron chi connectivity index (χ3n) is 4.68. The molecule has 0 aliphatic carbocycles. The number of hydrogen-bond acceptors (Lipinski definition) is 4. The average molecular weight is 324 g/mol. The summed E-state index contributed by atoms with van der Waals surface area (Å²) in [5, 5.41) is 0. The molecule has 0 amide bonds. The Hall–Kier alpha value is -0.670. The predicted molar refractivity (Wildman–Crippen MR) is 90.0 cm³/mol. The Bertz CT molecular complexity index is 345.